The van der Waals surface area contributed by atoms with Gasteiger partial charge < -0.3 is 0 Å². The molecule has 0 aromatic heterocycles. The first-order valence-corrected chi connectivity index (χ1v) is 7.41. The van der Waals surface area contributed by atoms with Crippen LogP contribution in [0.15, 0.2) is 35.3 Å². The van der Waals surface area contributed by atoms with Gasteiger partial charge in [-0.05, 0) is 25.2 Å². The van der Waals surface area contributed by atoms with Crippen molar-refractivity contribution in [2.45, 2.75) is 46.0 Å². The van der Waals surface area contributed by atoms with Gasteiger partial charge in [0.05, 0.1) is 0 Å². The molecule has 0 N–H and O–H groups in total. The van der Waals surface area contributed by atoms with Gasteiger partial charge in [-0.15, -0.1) is 11.8 Å². The van der Waals surface area contributed by atoms with Crippen LogP contribution in [0, 0.1) is 0 Å². The molecule has 17 heavy (non-hydrogen) atoms. The summed E-state index contributed by atoms with van der Waals surface area (Å²) in [4.78, 5) is 1.06. The highest BCUT2D eigenvalue weighted by molar-refractivity contribution is 8.03. The van der Waals surface area contributed by atoms with Crippen LogP contribution in [0.4, 0.5) is 4.39 Å². The summed E-state index contributed by atoms with van der Waals surface area (Å²) < 4.78 is 12.0. The normalized spacial score (nSPS) is 12.3. The van der Waals surface area contributed by atoms with Crippen LogP contribution >= 0.6 is 11.8 Å². The summed E-state index contributed by atoms with van der Waals surface area (Å²) in [5, 5.41) is 0. The molecule has 0 spiro atoms. The van der Waals surface area contributed by atoms with E-state index >= 15 is 0 Å². The minimum absolute atomic E-state index is 0.396. The van der Waals surface area contributed by atoms with Crippen LogP contribution in [0.3, 0.4) is 0 Å². The maximum atomic E-state index is 12.0. The van der Waals surface area contributed by atoms with Gasteiger partial charge in [0, 0.05) is 4.91 Å². The van der Waals surface area contributed by atoms with E-state index in [-0.39, 0.29) is 0 Å². The molecule has 98 valence electrons. The van der Waals surface area contributed by atoms with Crippen molar-refractivity contribution in [2.24, 2.45) is 0 Å². The first-order valence-electron chi connectivity index (χ1n) is 6.43. The first kappa shape index (κ1) is 16.5. The Labute approximate surface area is 110 Å². The van der Waals surface area contributed by atoms with E-state index in [1.165, 1.54) is 32.1 Å². The number of unbranched alkanes of at least 4 members (excludes halogenated alkanes) is 4. The monoisotopic (exact) mass is 256 g/mol. The van der Waals surface area contributed by atoms with Crippen molar-refractivity contribution in [3.63, 3.8) is 0 Å². The molecule has 0 nitrogen and oxygen atoms in total. The van der Waals surface area contributed by atoms with Crippen LogP contribution in [0.2, 0.25) is 0 Å². The molecule has 0 aliphatic carbocycles. The molecule has 0 bridgehead atoms. The average molecular weight is 256 g/mol. The van der Waals surface area contributed by atoms with Crippen LogP contribution in [0.5, 0.6) is 0 Å². The summed E-state index contributed by atoms with van der Waals surface area (Å²) in [6.07, 6.45) is 12.0. The third-order valence-electron chi connectivity index (χ3n) is 2.47. The Balaban J connectivity index is 3.56. The van der Waals surface area contributed by atoms with E-state index < -0.39 is 6.67 Å². The van der Waals surface area contributed by atoms with Gasteiger partial charge in [0.2, 0.25) is 0 Å². The number of halogens is 1. The first-order chi connectivity index (χ1) is 8.20. The van der Waals surface area contributed by atoms with E-state index in [2.05, 4.69) is 13.5 Å². The Bertz CT molecular complexity index is 254. The maximum absolute atomic E-state index is 12.0. The number of allylic oxidation sites excluding steroid dienone is 4. The summed E-state index contributed by atoms with van der Waals surface area (Å²) in [7, 11) is 0. The van der Waals surface area contributed by atoms with Crippen molar-refractivity contribution in [3.05, 3.63) is 35.3 Å². The molecule has 2 heteroatoms. The molecule has 0 heterocycles. The quantitative estimate of drug-likeness (QED) is 0.358. The van der Waals surface area contributed by atoms with Gasteiger partial charge in [0.25, 0.3) is 0 Å². The summed E-state index contributed by atoms with van der Waals surface area (Å²) >= 11 is 1.79. The molecule has 0 rings (SSSR count). The SMILES string of the molecule is C=C(/C=C\C(C)=C/CF)SCCCCCCC. The zero-order chi connectivity index (χ0) is 12.9. The van der Waals surface area contributed by atoms with Crippen molar-refractivity contribution in [1.82, 2.24) is 0 Å². The minimum Gasteiger partial charge on any atom is -0.247 e. The molecule has 0 fully saturated rings. The van der Waals surface area contributed by atoms with Crippen molar-refractivity contribution in [2.75, 3.05) is 12.4 Å². The number of thioether (sulfide) groups is 1. The molecule has 0 aromatic rings. The van der Waals surface area contributed by atoms with Crippen molar-refractivity contribution >= 4 is 11.8 Å². The van der Waals surface area contributed by atoms with Gasteiger partial charge in [0.15, 0.2) is 0 Å². The molecule has 0 atom stereocenters. The van der Waals surface area contributed by atoms with Gasteiger partial charge in [-0.3, -0.25) is 0 Å². The van der Waals surface area contributed by atoms with Crippen LogP contribution in [0.1, 0.15) is 46.0 Å². The van der Waals surface area contributed by atoms with Crippen LogP contribution in [-0.2, 0) is 0 Å². The van der Waals surface area contributed by atoms with E-state index in [9.17, 15) is 4.39 Å². The third kappa shape index (κ3) is 11.8. The molecular formula is C15H25FS. The molecule has 0 saturated heterocycles. The highest BCUT2D eigenvalue weighted by Gasteiger charge is 1.92. The largest absolute Gasteiger partial charge is 0.247 e. The third-order valence-corrected chi connectivity index (χ3v) is 3.47. The summed E-state index contributed by atoms with van der Waals surface area (Å²) in [6.45, 7) is 7.71. The maximum Gasteiger partial charge on any atom is 0.108 e. The predicted octanol–water partition coefficient (Wildman–Crippen LogP) is 5.68. The average Bonchev–Trinajstić information content (AvgIpc) is 2.31. The van der Waals surface area contributed by atoms with Crippen molar-refractivity contribution < 1.29 is 4.39 Å². The molecular weight excluding hydrogens is 231 g/mol. The lowest BCUT2D eigenvalue weighted by atomic mass is 10.2. The topological polar surface area (TPSA) is 0 Å². The Kier molecular flexibility index (Phi) is 11.6. The molecule has 0 amide bonds. The van der Waals surface area contributed by atoms with Gasteiger partial charge in [-0.1, -0.05) is 56.9 Å². The van der Waals surface area contributed by atoms with Crippen molar-refractivity contribution in [1.29, 1.82) is 0 Å². The van der Waals surface area contributed by atoms with Gasteiger partial charge in [0.1, 0.15) is 6.67 Å². The van der Waals surface area contributed by atoms with Gasteiger partial charge >= 0.3 is 0 Å². The fourth-order valence-corrected chi connectivity index (χ4v) is 2.15. The fourth-order valence-electron chi connectivity index (χ4n) is 1.37. The van der Waals surface area contributed by atoms with E-state index in [4.69, 9.17) is 0 Å². The number of alkyl halides is 1. The molecule has 0 aliphatic rings. The summed E-state index contributed by atoms with van der Waals surface area (Å²) in [5.74, 6) is 1.14. The van der Waals surface area contributed by atoms with Crippen LogP contribution in [0.25, 0.3) is 0 Å². The molecule has 0 saturated carbocycles. The molecule has 0 radical (unpaired) electrons. The number of rotatable bonds is 10. The smallest absolute Gasteiger partial charge is 0.108 e. The van der Waals surface area contributed by atoms with E-state index in [1.807, 2.05) is 19.1 Å². The highest BCUT2D eigenvalue weighted by atomic mass is 32.2. The Morgan fingerprint density at radius 2 is 1.88 bits per heavy atom. The Morgan fingerprint density at radius 3 is 2.53 bits per heavy atom. The lowest BCUT2D eigenvalue weighted by Gasteiger charge is -2.01. The second-order valence-electron chi connectivity index (χ2n) is 4.16. The lowest BCUT2D eigenvalue weighted by molar-refractivity contribution is 0.560. The Morgan fingerprint density at radius 1 is 1.18 bits per heavy atom. The van der Waals surface area contributed by atoms with Crippen LogP contribution in [-0.4, -0.2) is 12.4 Å². The van der Waals surface area contributed by atoms with Crippen LogP contribution < -0.4 is 0 Å². The summed E-state index contributed by atoms with van der Waals surface area (Å²) in [5.41, 5.74) is 0.956. The fraction of sp³-hybridized carbons (Fsp3) is 0.600. The Hall–Kier alpha value is -0.500. The predicted molar refractivity (Wildman–Crippen MR) is 79.2 cm³/mol. The lowest BCUT2D eigenvalue weighted by Crippen LogP contribution is -1.82. The summed E-state index contributed by atoms with van der Waals surface area (Å²) in [6, 6.07) is 0. The number of hydrogen-bond acceptors (Lipinski definition) is 1. The molecule has 0 unspecified atom stereocenters. The minimum atomic E-state index is -0.396. The zero-order valence-electron chi connectivity index (χ0n) is 11.2. The van der Waals surface area contributed by atoms with E-state index in [0.29, 0.717) is 0 Å². The molecule has 0 aromatic carbocycles. The highest BCUT2D eigenvalue weighted by Crippen LogP contribution is 2.18. The molecule has 0 aliphatic heterocycles. The number of hydrogen-bond donors (Lipinski definition) is 0. The van der Waals surface area contributed by atoms with Gasteiger partial charge in [-0.25, -0.2) is 4.39 Å². The standard InChI is InChI=1S/C15H25FS/c1-4-5-6-7-8-13-17-15(3)10-9-14(2)11-12-16/h9-11H,3-8,12-13H2,1-2H3/b10-9-,14-11-. The van der Waals surface area contributed by atoms with E-state index in [0.717, 1.165) is 16.2 Å². The van der Waals surface area contributed by atoms with Crippen molar-refractivity contribution in [3.8, 4) is 0 Å². The van der Waals surface area contributed by atoms with E-state index in [1.54, 1.807) is 17.8 Å². The van der Waals surface area contributed by atoms with Gasteiger partial charge in [-0.2, -0.15) is 0 Å². The zero-order valence-corrected chi connectivity index (χ0v) is 12.0. The second-order valence-corrected chi connectivity index (χ2v) is 5.39. The second kappa shape index (κ2) is 12.0.